The number of carboxylic acids is 1. The lowest BCUT2D eigenvalue weighted by molar-refractivity contribution is -0.144. The first-order chi connectivity index (χ1) is 17.3. The van der Waals surface area contributed by atoms with E-state index in [1.54, 1.807) is 12.1 Å². The van der Waals surface area contributed by atoms with Gasteiger partial charge in [-0.3, -0.25) is 9.69 Å². The Morgan fingerprint density at radius 1 is 1.03 bits per heavy atom. The topological polar surface area (TPSA) is 64.0 Å². The highest BCUT2D eigenvalue weighted by Gasteiger charge is 2.41. The number of aliphatic hydroxyl groups excluding tert-OH is 1. The molecule has 2 N–H and O–H groups in total. The van der Waals surface area contributed by atoms with Crippen molar-refractivity contribution in [1.29, 1.82) is 0 Å². The van der Waals surface area contributed by atoms with Gasteiger partial charge in [-0.2, -0.15) is 0 Å². The second-order valence-electron chi connectivity index (χ2n) is 11.1. The number of nitrogens with zero attached hydrogens (tertiary/aromatic N) is 2. The first kappa shape index (κ1) is 26.8. The van der Waals surface area contributed by atoms with E-state index >= 15 is 0 Å². The van der Waals surface area contributed by atoms with E-state index in [2.05, 4.69) is 34.1 Å². The quantitative estimate of drug-likeness (QED) is 0.475. The molecule has 0 spiro atoms. The molecule has 3 unspecified atom stereocenters. The zero-order valence-electron chi connectivity index (χ0n) is 21.6. The van der Waals surface area contributed by atoms with Crippen LogP contribution in [0.3, 0.4) is 0 Å². The summed E-state index contributed by atoms with van der Waals surface area (Å²) in [6, 6.07) is 16.3. The number of hydrogen-bond donors (Lipinski definition) is 2. The van der Waals surface area contributed by atoms with E-state index in [0.717, 1.165) is 57.5 Å². The van der Waals surface area contributed by atoms with Crippen molar-refractivity contribution in [1.82, 2.24) is 9.80 Å². The maximum absolute atomic E-state index is 13.1. The molecule has 0 amide bonds. The van der Waals surface area contributed by atoms with Gasteiger partial charge < -0.3 is 15.1 Å². The Morgan fingerprint density at radius 3 is 2.31 bits per heavy atom. The summed E-state index contributed by atoms with van der Waals surface area (Å²) in [6.45, 7) is 8.69. The van der Waals surface area contributed by atoms with Gasteiger partial charge in [0, 0.05) is 25.6 Å². The molecular formula is C30H41FN2O3. The van der Waals surface area contributed by atoms with Gasteiger partial charge in [0.1, 0.15) is 11.9 Å². The SMILES string of the molecule is CC(C)[C@H](C(=O)O)N1CC(CN2CCC(CCC(O)c3ccc(F)cc3)CC2)C(c2ccccc2)C1. The minimum Gasteiger partial charge on any atom is -0.480 e. The van der Waals surface area contributed by atoms with Crippen molar-refractivity contribution in [3.63, 3.8) is 0 Å². The maximum atomic E-state index is 13.1. The van der Waals surface area contributed by atoms with Crippen LogP contribution in [0.5, 0.6) is 0 Å². The molecule has 2 aliphatic heterocycles. The van der Waals surface area contributed by atoms with Gasteiger partial charge in [0.2, 0.25) is 0 Å². The molecule has 36 heavy (non-hydrogen) atoms. The summed E-state index contributed by atoms with van der Waals surface area (Å²) in [4.78, 5) is 16.8. The van der Waals surface area contributed by atoms with Gasteiger partial charge in [0.15, 0.2) is 0 Å². The maximum Gasteiger partial charge on any atom is 0.321 e. The zero-order valence-corrected chi connectivity index (χ0v) is 21.6. The van der Waals surface area contributed by atoms with E-state index in [0.29, 0.717) is 24.2 Å². The number of benzene rings is 2. The number of halogens is 1. The largest absolute Gasteiger partial charge is 0.480 e. The van der Waals surface area contributed by atoms with E-state index in [4.69, 9.17) is 0 Å². The van der Waals surface area contributed by atoms with Crippen LogP contribution in [0.2, 0.25) is 0 Å². The molecule has 0 bridgehead atoms. The number of carboxylic acid groups (broad SMARTS) is 1. The Morgan fingerprint density at radius 2 is 1.69 bits per heavy atom. The minimum absolute atomic E-state index is 0.0682. The van der Waals surface area contributed by atoms with E-state index < -0.39 is 18.1 Å². The van der Waals surface area contributed by atoms with Crippen LogP contribution in [-0.4, -0.2) is 64.7 Å². The number of hydrogen-bond acceptors (Lipinski definition) is 4. The van der Waals surface area contributed by atoms with Crippen molar-refractivity contribution in [2.45, 2.75) is 57.6 Å². The number of likely N-dealkylation sites (tertiary alicyclic amines) is 2. The average Bonchev–Trinajstić information content (AvgIpc) is 3.26. The van der Waals surface area contributed by atoms with Gasteiger partial charge in [0.05, 0.1) is 6.10 Å². The van der Waals surface area contributed by atoms with E-state index in [1.165, 1.54) is 17.7 Å². The van der Waals surface area contributed by atoms with Crippen molar-refractivity contribution >= 4 is 5.97 Å². The van der Waals surface area contributed by atoms with Crippen molar-refractivity contribution in [2.24, 2.45) is 17.8 Å². The Kier molecular flexibility index (Phi) is 9.15. The number of aliphatic carboxylic acids is 1. The molecule has 2 fully saturated rings. The molecule has 5 nitrogen and oxygen atoms in total. The zero-order chi connectivity index (χ0) is 25.7. The second kappa shape index (κ2) is 12.3. The molecule has 0 radical (unpaired) electrons. The van der Waals surface area contributed by atoms with Crippen molar-refractivity contribution in [3.8, 4) is 0 Å². The van der Waals surface area contributed by atoms with Crippen LogP contribution in [0.15, 0.2) is 54.6 Å². The van der Waals surface area contributed by atoms with Crippen molar-refractivity contribution in [2.75, 3.05) is 32.7 Å². The number of carbonyl (C=O) groups is 1. The molecule has 2 aromatic carbocycles. The summed E-state index contributed by atoms with van der Waals surface area (Å²) in [7, 11) is 0. The minimum atomic E-state index is -0.721. The summed E-state index contributed by atoms with van der Waals surface area (Å²) >= 11 is 0. The lowest BCUT2D eigenvalue weighted by atomic mass is 9.86. The van der Waals surface area contributed by atoms with Crippen LogP contribution in [0.25, 0.3) is 0 Å². The second-order valence-corrected chi connectivity index (χ2v) is 11.1. The molecule has 2 heterocycles. The van der Waals surface area contributed by atoms with E-state index in [-0.39, 0.29) is 11.7 Å². The molecule has 6 heteroatoms. The highest BCUT2D eigenvalue weighted by Crippen LogP contribution is 2.36. The predicted molar refractivity (Wildman–Crippen MR) is 140 cm³/mol. The molecule has 2 aliphatic rings. The summed E-state index contributed by atoms with van der Waals surface area (Å²) in [6.07, 6.45) is 3.38. The smallest absolute Gasteiger partial charge is 0.321 e. The van der Waals surface area contributed by atoms with Crippen LogP contribution < -0.4 is 0 Å². The predicted octanol–water partition coefficient (Wildman–Crippen LogP) is 5.18. The third-order valence-corrected chi connectivity index (χ3v) is 8.28. The standard InChI is InChI=1S/C30H41FN2O3/c1-21(2)29(30(35)36)33-19-25(27(20-33)23-6-4-3-5-7-23)18-32-16-14-22(15-17-32)8-13-28(34)24-9-11-26(31)12-10-24/h3-7,9-12,21-22,25,27-29,34H,8,13-20H2,1-2H3,(H,35,36)/t25?,27?,28?,29-/m1/s1. The molecular weight excluding hydrogens is 455 g/mol. The van der Waals surface area contributed by atoms with Crippen molar-refractivity contribution < 1.29 is 19.4 Å². The Labute approximate surface area is 214 Å². The highest BCUT2D eigenvalue weighted by molar-refractivity contribution is 5.73. The van der Waals surface area contributed by atoms with Gasteiger partial charge in [-0.1, -0.05) is 56.3 Å². The fraction of sp³-hybridized carbons (Fsp3) is 0.567. The van der Waals surface area contributed by atoms with Gasteiger partial charge in [-0.05, 0) is 79.8 Å². The number of aliphatic hydroxyl groups is 1. The third-order valence-electron chi connectivity index (χ3n) is 8.28. The van der Waals surface area contributed by atoms with Crippen LogP contribution in [0, 0.1) is 23.6 Å². The fourth-order valence-corrected chi connectivity index (χ4v) is 6.29. The van der Waals surface area contributed by atoms with Crippen LogP contribution in [-0.2, 0) is 4.79 Å². The summed E-state index contributed by atoms with van der Waals surface area (Å²) in [5, 5.41) is 20.4. The molecule has 2 aromatic rings. The van der Waals surface area contributed by atoms with Gasteiger partial charge >= 0.3 is 5.97 Å². The molecule has 0 aromatic heterocycles. The molecule has 0 saturated carbocycles. The molecule has 4 atom stereocenters. The molecule has 196 valence electrons. The van der Waals surface area contributed by atoms with Crippen LogP contribution >= 0.6 is 0 Å². The van der Waals surface area contributed by atoms with Gasteiger partial charge in [-0.25, -0.2) is 4.39 Å². The monoisotopic (exact) mass is 496 g/mol. The lowest BCUT2D eigenvalue weighted by Crippen LogP contribution is -2.44. The van der Waals surface area contributed by atoms with Crippen LogP contribution in [0.4, 0.5) is 4.39 Å². The number of piperidine rings is 1. The first-order valence-electron chi connectivity index (χ1n) is 13.5. The summed E-state index contributed by atoms with van der Waals surface area (Å²) in [5.74, 6) is 0.416. The summed E-state index contributed by atoms with van der Waals surface area (Å²) < 4.78 is 13.1. The third kappa shape index (κ3) is 6.72. The average molecular weight is 497 g/mol. The Balaban J connectivity index is 1.32. The number of rotatable bonds is 10. The fourth-order valence-electron chi connectivity index (χ4n) is 6.29. The normalized spacial score (nSPS) is 23.7. The Hall–Kier alpha value is -2.28. The van der Waals surface area contributed by atoms with Gasteiger partial charge in [-0.15, -0.1) is 0 Å². The van der Waals surface area contributed by atoms with Gasteiger partial charge in [0.25, 0.3) is 0 Å². The van der Waals surface area contributed by atoms with E-state index in [1.807, 2.05) is 19.9 Å². The lowest BCUT2D eigenvalue weighted by Gasteiger charge is -2.35. The Bertz CT molecular complexity index is 960. The van der Waals surface area contributed by atoms with E-state index in [9.17, 15) is 19.4 Å². The molecule has 4 rings (SSSR count). The molecule has 0 aliphatic carbocycles. The van der Waals surface area contributed by atoms with Crippen molar-refractivity contribution in [3.05, 3.63) is 71.5 Å². The molecule has 2 saturated heterocycles. The summed E-state index contributed by atoms with van der Waals surface area (Å²) in [5.41, 5.74) is 2.09. The van der Waals surface area contributed by atoms with Crippen LogP contribution in [0.1, 0.15) is 62.7 Å². The first-order valence-corrected chi connectivity index (χ1v) is 13.5. The highest BCUT2D eigenvalue weighted by atomic mass is 19.1.